The number of alkyl halides is 3. The normalized spacial score (nSPS) is 19.9. The minimum absolute atomic E-state index is 0.233. The van der Waals surface area contributed by atoms with Crippen molar-refractivity contribution in [3.8, 4) is 0 Å². The van der Waals surface area contributed by atoms with Gasteiger partial charge in [0.15, 0.2) is 0 Å². The van der Waals surface area contributed by atoms with Crippen LogP contribution in [0.5, 0.6) is 0 Å². The largest absolute Gasteiger partial charge is 0.433 e. The number of rotatable bonds is 4. The van der Waals surface area contributed by atoms with Gasteiger partial charge >= 0.3 is 6.18 Å². The van der Waals surface area contributed by atoms with Gasteiger partial charge in [-0.05, 0) is 54.5 Å². The van der Waals surface area contributed by atoms with Gasteiger partial charge in [-0.3, -0.25) is 14.7 Å². The highest BCUT2D eigenvalue weighted by atomic mass is 19.4. The number of nitrogens with two attached hydrogens (primary N) is 1. The minimum atomic E-state index is -4.47. The van der Waals surface area contributed by atoms with Crippen LogP contribution in [0.15, 0.2) is 24.4 Å². The van der Waals surface area contributed by atoms with Crippen molar-refractivity contribution in [1.82, 2.24) is 14.9 Å². The van der Waals surface area contributed by atoms with E-state index in [1.807, 2.05) is 4.90 Å². The van der Waals surface area contributed by atoms with E-state index in [9.17, 15) is 18.0 Å². The molecule has 2 aliphatic rings. The maximum absolute atomic E-state index is 13.0. The van der Waals surface area contributed by atoms with E-state index in [1.165, 1.54) is 12.6 Å². The molecule has 1 atom stereocenters. The summed E-state index contributed by atoms with van der Waals surface area (Å²) in [5, 5.41) is 0. The monoisotopic (exact) mass is 433 g/mol. The minimum Gasteiger partial charge on any atom is -0.371 e. The van der Waals surface area contributed by atoms with E-state index in [-0.39, 0.29) is 5.69 Å². The topological polar surface area (TPSA) is 75.3 Å². The molecule has 2 aromatic rings. The van der Waals surface area contributed by atoms with Crippen molar-refractivity contribution >= 4 is 11.6 Å². The average molecular weight is 433 g/mol. The van der Waals surface area contributed by atoms with E-state index in [4.69, 9.17) is 5.73 Å². The van der Waals surface area contributed by atoms with Crippen LogP contribution in [0.2, 0.25) is 0 Å². The second-order valence-corrected chi connectivity index (χ2v) is 8.52. The molecule has 1 amide bonds. The van der Waals surface area contributed by atoms with Crippen molar-refractivity contribution in [2.45, 2.75) is 45.5 Å². The van der Waals surface area contributed by atoms with Gasteiger partial charge in [0, 0.05) is 44.6 Å². The number of carbonyl (C=O) groups excluding carboxylic acids is 1. The third-order valence-corrected chi connectivity index (χ3v) is 6.01. The lowest BCUT2D eigenvalue weighted by Gasteiger charge is -2.37. The summed E-state index contributed by atoms with van der Waals surface area (Å²) in [6.07, 6.45) is -0.275. The number of anilines is 1. The Kier molecular flexibility index (Phi) is 5.88. The van der Waals surface area contributed by atoms with Gasteiger partial charge in [0.2, 0.25) is 0 Å². The summed E-state index contributed by atoms with van der Waals surface area (Å²) in [6, 6.07) is 4.48. The van der Waals surface area contributed by atoms with Crippen molar-refractivity contribution in [1.29, 1.82) is 0 Å². The van der Waals surface area contributed by atoms with Crippen LogP contribution in [0.3, 0.4) is 0 Å². The lowest BCUT2D eigenvalue weighted by molar-refractivity contribution is -0.141. The molecule has 4 heterocycles. The number of fused-ring (bicyclic) bond motifs is 1. The first-order valence-corrected chi connectivity index (χ1v) is 10.5. The van der Waals surface area contributed by atoms with Crippen molar-refractivity contribution in [3.63, 3.8) is 0 Å². The zero-order valence-electron chi connectivity index (χ0n) is 17.5. The first-order chi connectivity index (χ1) is 14.7. The molecule has 0 spiro atoms. The molecule has 1 saturated heterocycles. The maximum Gasteiger partial charge on any atom is 0.433 e. The SMILES string of the molecule is C[C@H]1CCCN(c2cc(C(N)=O)nc3c2CCN(Cc2ccnc(C(F)(F)F)c2)C3)C1. The van der Waals surface area contributed by atoms with Gasteiger partial charge in [-0.1, -0.05) is 6.92 Å². The molecule has 0 unspecified atom stereocenters. The predicted octanol–water partition coefficient (Wildman–Crippen LogP) is 3.39. The molecule has 166 valence electrons. The highest BCUT2D eigenvalue weighted by molar-refractivity contribution is 5.92. The molecule has 31 heavy (non-hydrogen) atoms. The molecule has 2 aliphatic heterocycles. The highest BCUT2D eigenvalue weighted by Crippen LogP contribution is 2.33. The van der Waals surface area contributed by atoms with Crippen LogP contribution in [0.25, 0.3) is 0 Å². The van der Waals surface area contributed by atoms with Crippen molar-refractivity contribution in [3.05, 3.63) is 52.6 Å². The van der Waals surface area contributed by atoms with Gasteiger partial charge in [0.25, 0.3) is 5.91 Å². The van der Waals surface area contributed by atoms with Crippen LogP contribution < -0.4 is 10.6 Å². The van der Waals surface area contributed by atoms with Crippen molar-refractivity contribution in [2.75, 3.05) is 24.5 Å². The maximum atomic E-state index is 13.0. The Morgan fingerprint density at radius 3 is 2.81 bits per heavy atom. The van der Waals surface area contributed by atoms with E-state index >= 15 is 0 Å². The summed E-state index contributed by atoms with van der Waals surface area (Å²) in [5.41, 5.74) is 8.34. The fraction of sp³-hybridized carbons (Fsp3) is 0.500. The molecular weight excluding hydrogens is 407 g/mol. The van der Waals surface area contributed by atoms with Gasteiger partial charge in [-0.2, -0.15) is 13.2 Å². The second kappa shape index (κ2) is 8.45. The number of primary amides is 1. The fourth-order valence-corrected chi connectivity index (χ4v) is 4.51. The summed E-state index contributed by atoms with van der Waals surface area (Å²) in [6.45, 7) is 5.58. The molecule has 0 saturated carbocycles. The molecule has 6 nitrogen and oxygen atoms in total. The first-order valence-electron chi connectivity index (χ1n) is 10.5. The fourth-order valence-electron chi connectivity index (χ4n) is 4.51. The Hall–Kier alpha value is -2.68. The van der Waals surface area contributed by atoms with Crippen LogP contribution in [0, 0.1) is 5.92 Å². The molecule has 2 N–H and O–H groups in total. The summed E-state index contributed by atoms with van der Waals surface area (Å²) in [4.78, 5) is 24.2. The molecule has 4 rings (SSSR count). The standard InChI is InChI=1S/C22H26F3N5O/c1-14-3-2-7-30(11-14)19-10-17(21(26)31)28-18-13-29(8-5-16(18)19)12-15-4-6-27-20(9-15)22(23,24)25/h4,6,9-10,14H,2-3,5,7-8,11-13H2,1H3,(H2,26,31)/t14-/m0/s1. The molecular formula is C22H26F3N5O. The van der Waals surface area contributed by atoms with E-state index in [2.05, 4.69) is 21.8 Å². The number of hydrogen-bond acceptors (Lipinski definition) is 5. The quantitative estimate of drug-likeness (QED) is 0.800. The number of piperidine rings is 1. The van der Waals surface area contributed by atoms with E-state index < -0.39 is 17.8 Å². The molecule has 0 radical (unpaired) electrons. The second-order valence-electron chi connectivity index (χ2n) is 8.52. The van der Waals surface area contributed by atoms with E-state index in [0.29, 0.717) is 31.1 Å². The lowest BCUT2D eigenvalue weighted by atomic mass is 9.96. The highest BCUT2D eigenvalue weighted by Gasteiger charge is 2.33. The van der Waals surface area contributed by atoms with Gasteiger partial charge in [-0.15, -0.1) is 0 Å². The van der Waals surface area contributed by atoms with Crippen molar-refractivity contribution < 1.29 is 18.0 Å². The molecule has 0 bridgehead atoms. The number of amides is 1. The van der Waals surface area contributed by atoms with Gasteiger partial charge in [0.05, 0.1) is 5.69 Å². The van der Waals surface area contributed by atoms with Gasteiger partial charge < -0.3 is 10.6 Å². The zero-order valence-corrected chi connectivity index (χ0v) is 17.5. The molecule has 2 aromatic heterocycles. The smallest absolute Gasteiger partial charge is 0.371 e. The summed E-state index contributed by atoms with van der Waals surface area (Å²) < 4.78 is 38.9. The molecule has 0 aromatic carbocycles. The Morgan fingerprint density at radius 1 is 1.29 bits per heavy atom. The van der Waals surface area contributed by atoms with Crippen LogP contribution in [0.4, 0.5) is 18.9 Å². The molecule has 1 fully saturated rings. The summed E-state index contributed by atoms with van der Waals surface area (Å²) in [7, 11) is 0. The summed E-state index contributed by atoms with van der Waals surface area (Å²) in [5.74, 6) is -0.000569. The van der Waals surface area contributed by atoms with E-state index in [0.717, 1.165) is 48.9 Å². The Morgan fingerprint density at radius 2 is 2.10 bits per heavy atom. The number of halogens is 3. The van der Waals surface area contributed by atoms with Crippen LogP contribution >= 0.6 is 0 Å². The number of nitrogens with zero attached hydrogens (tertiary/aromatic N) is 4. The summed E-state index contributed by atoms with van der Waals surface area (Å²) >= 11 is 0. The van der Waals surface area contributed by atoms with Gasteiger partial charge in [-0.25, -0.2) is 4.98 Å². The average Bonchev–Trinajstić information content (AvgIpc) is 2.72. The number of hydrogen-bond donors (Lipinski definition) is 1. The molecule has 0 aliphatic carbocycles. The Balaban J connectivity index is 1.59. The van der Waals surface area contributed by atoms with Crippen LogP contribution in [-0.4, -0.2) is 40.4 Å². The third-order valence-electron chi connectivity index (χ3n) is 6.01. The van der Waals surface area contributed by atoms with Crippen molar-refractivity contribution in [2.24, 2.45) is 11.7 Å². The number of carbonyl (C=O) groups is 1. The third kappa shape index (κ3) is 4.81. The predicted molar refractivity (Wildman–Crippen MR) is 110 cm³/mol. The molecule has 9 heteroatoms. The first kappa shape index (κ1) is 21.5. The number of pyridine rings is 2. The van der Waals surface area contributed by atoms with E-state index in [1.54, 1.807) is 12.1 Å². The zero-order chi connectivity index (χ0) is 22.2. The van der Waals surface area contributed by atoms with Crippen LogP contribution in [-0.2, 0) is 25.7 Å². The Labute approximate surface area is 179 Å². The lowest BCUT2D eigenvalue weighted by Crippen LogP contribution is -2.38. The Bertz CT molecular complexity index is 978. The van der Waals surface area contributed by atoms with Crippen LogP contribution in [0.1, 0.15) is 52.8 Å². The number of aromatic nitrogens is 2. The van der Waals surface area contributed by atoms with Gasteiger partial charge in [0.1, 0.15) is 11.4 Å².